The van der Waals surface area contributed by atoms with Crippen molar-refractivity contribution in [3.05, 3.63) is 28.3 Å². The van der Waals surface area contributed by atoms with Crippen LogP contribution in [0.4, 0.5) is 5.69 Å². The third-order valence-electron chi connectivity index (χ3n) is 3.16. The molecular formula is C13H15Cl2NO. The van der Waals surface area contributed by atoms with Crippen molar-refractivity contribution in [2.45, 2.75) is 32.1 Å². The fourth-order valence-corrected chi connectivity index (χ4v) is 2.73. The van der Waals surface area contributed by atoms with Crippen LogP contribution in [-0.2, 0) is 16.6 Å². The van der Waals surface area contributed by atoms with Gasteiger partial charge in [-0.2, -0.15) is 0 Å². The van der Waals surface area contributed by atoms with E-state index in [2.05, 4.69) is 25.2 Å². The van der Waals surface area contributed by atoms with E-state index in [0.29, 0.717) is 17.3 Å². The topological polar surface area (TPSA) is 29.1 Å². The highest BCUT2D eigenvalue weighted by molar-refractivity contribution is 6.32. The van der Waals surface area contributed by atoms with Gasteiger partial charge in [-0.1, -0.05) is 31.5 Å². The Morgan fingerprint density at radius 2 is 2.12 bits per heavy atom. The normalized spacial score (nSPS) is 17.5. The van der Waals surface area contributed by atoms with Gasteiger partial charge in [-0.05, 0) is 23.6 Å². The van der Waals surface area contributed by atoms with Crippen LogP contribution in [0.2, 0.25) is 5.02 Å². The van der Waals surface area contributed by atoms with Crippen LogP contribution in [0, 0.1) is 0 Å². The number of amides is 1. The summed E-state index contributed by atoms with van der Waals surface area (Å²) in [6.45, 7) is 4.14. The molecule has 0 saturated heterocycles. The molecule has 2 rings (SSSR count). The summed E-state index contributed by atoms with van der Waals surface area (Å²) < 4.78 is 0. The summed E-state index contributed by atoms with van der Waals surface area (Å²) in [6, 6.07) is 3.90. The lowest BCUT2D eigenvalue weighted by atomic mass is 9.77. The molecule has 0 spiro atoms. The average Bonchev–Trinajstić information content (AvgIpc) is 2.19. The largest absolute Gasteiger partial charge is 0.326 e. The molecule has 1 heterocycles. The van der Waals surface area contributed by atoms with Crippen molar-refractivity contribution in [1.82, 2.24) is 0 Å². The van der Waals surface area contributed by atoms with Gasteiger partial charge < -0.3 is 5.32 Å². The molecule has 1 amide bonds. The molecular weight excluding hydrogens is 257 g/mol. The van der Waals surface area contributed by atoms with E-state index in [9.17, 15) is 4.79 Å². The first kappa shape index (κ1) is 12.7. The zero-order valence-electron chi connectivity index (χ0n) is 9.94. The third kappa shape index (κ3) is 2.43. The van der Waals surface area contributed by atoms with Gasteiger partial charge in [0.1, 0.15) is 0 Å². The first-order valence-electron chi connectivity index (χ1n) is 5.63. The van der Waals surface area contributed by atoms with Crippen LogP contribution in [0.3, 0.4) is 0 Å². The predicted molar refractivity (Wildman–Crippen MR) is 72.1 cm³/mol. The summed E-state index contributed by atoms with van der Waals surface area (Å²) in [4.78, 5) is 11.6. The van der Waals surface area contributed by atoms with E-state index in [0.717, 1.165) is 23.2 Å². The molecule has 0 saturated carbocycles. The monoisotopic (exact) mass is 271 g/mol. The summed E-state index contributed by atoms with van der Waals surface area (Å²) in [5.74, 6) is 0.592. The third-order valence-corrected chi connectivity index (χ3v) is 3.70. The van der Waals surface area contributed by atoms with Crippen molar-refractivity contribution in [2.24, 2.45) is 0 Å². The quantitative estimate of drug-likeness (QED) is 0.816. The number of benzene rings is 1. The van der Waals surface area contributed by atoms with Crippen LogP contribution in [0.25, 0.3) is 0 Å². The van der Waals surface area contributed by atoms with E-state index in [4.69, 9.17) is 23.2 Å². The van der Waals surface area contributed by atoms with Crippen molar-refractivity contribution in [2.75, 3.05) is 11.2 Å². The number of carbonyl (C=O) groups excluding carboxylic acids is 1. The van der Waals surface area contributed by atoms with Crippen LogP contribution in [0.1, 0.15) is 31.4 Å². The van der Waals surface area contributed by atoms with Crippen molar-refractivity contribution in [1.29, 1.82) is 0 Å². The zero-order valence-corrected chi connectivity index (χ0v) is 11.5. The second-order valence-corrected chi connectivity index (χ2v) is 5.82. The fourth-order valence-electron chi connectivity index (χ4n) is 2.27. The second-order valence-electron chi connectivity index (χ2n) is 5.04. The molecule has 1 N–H and O–H groups in total. The fraction of sp³-hybridized carbons (Fsp3) is 0.462. The molecule has 0 atom stereocenters. The molecule has 0 bridgehead atoms. The van der Waals surface area contributed by atoms with Crippen molar-refractivity contribution < 1.29 is 4.79 Å². The van der Waals surface area contributed by atoms with E-state index in [1.807, 2.05) is 6.07 Å². The van der Waals surface area contributed by atoms with Gasteiger partial charge in [-0.25, -0.2) is 0 Å². The molecule has 0 aliphatic carbocycles. The first-order chi connectivity index (χ1) is 7.94. The minimum absolute atomic E-state index is 0.0451. The Morgan fingerprint density at radius 1 is 1.41 bits per heavy atom. The van der Waals surface area contributed by atoms with Gasteiger partial charge in [0.2, 0.25) is 5.91 Å². The lowest BCUT2D eigenvalue weighted by Gasteiger charge is -2.32. The van der Waals surface area contributed by atoms with Crippen LogP contribution in [0.5, 0.6) is 0 Å². The van der Waals surface area contributed by atoms with Crippen LogP contribution in [-0.4, -0.2) is 11.8 Å². The van der Waals surface area contributed by atoms with E-state index in [1.165, 1.54) is 0 Å². The summed E-state index contributed by atoms with van der Waals surface area (Å²) in [6.07, 6.45) is 1.25. The Kier molecular flexibility index (Phi) is 3.37. The van der Waals surface area contributed by atoms with E-state index >= 15 is 0 Å². The highest BCUT2D eigenvalue weighted by atomic mass is 35.5. The molecule has 1 aromatic rings. The summed E-state index contributed by atoms with van der Waals surface area (Å²) in [7, 11) is 0. The number of rotatable bonds is 2. The van der Waals surface area contributed by atoms with Gasteiger partial charge in [-0.15, -0.1) is 11.6 Å². The minimum Gasteiger partial charge on any atom is -0.326 e. The molecule has 0 fully saturated rings. The van der Waals surface area contributed by atoms with Crippen LogP contribution >= 0.6 is 23.2 Å². The number of aryl methyl sites for hydroxylation is 1. The maximum absolute atomic E-state index is 11.6. The Morgan fingerprint density at radius 3 is 2.76 bits per heavy atom. The molecule has 0 unspecified atom stereocenters. The highest BCUT2D eigenvalue weighted by Crippen LogP contribution is 2.39. The Bertz CT molecular complexity index is 469. The summed E-state index contributed by atoms with van der Waals surface area (Å²) in [5.41, 5.74) is 2.87. The van der Waals surface area contributed by atoms with Gasteiger partial charge >= 0.3 is 0 Å². The number of hydrogen-bond acceptors (Lipinski definition) is 1. The standard InChI is InChI=1S/C13H15Cl2NO/c1-13(2)7-12(17)16-11-6-10(15)8(3-4-14)5-9(11)13/h5-6H,3-4,7H2,1-2H3,(H,16,17). The Hall–Kier alpha value is -0.730. The molecule has 1 aliphatic rings. The molecule has 17 heavy (non-hydrogen) atoms. The van der Waals surface area contributed by atoms with Crippen molar-refractivity contribution >= 4 is 34.8 Å². The van der Waals surface area contributed by atoms with Gasteiger partial charge in [0.05, 0.1) is 0 Å². The summed E-state index contributed by atoms with van der Waals surface area (Å²) >= 11 is 11.9. The Balaban J connectivity index is 2.53. The highest BCUT2D eigenvalue weighted by Gasteiger charge is 2.32. The number of fused-ring (bicyclic) bond motifs is 1. The molecule has 1 aromatic carbocycles. The van der Waals surface area contributed by atoms with E-state index in [-0.39, 0.29) is 11.3 Å². The molecule has 92 valence electrons. The smallest absolute Gasteiger partial charge is 0.225 e. The van der Waals surface area contributed by atoms with Gasteiger partial charge in [0.25, 0.3) is 0 Å². The SMILES string of the molecule is CC1(C)CC(=O)Nc2cc(Cl)c(CCCl)cc21. The summed E-state index contributed by atoms with van der Waals surface area (Å²) in [5, 5.41) is 3.54. The second kappa shape index (κ2) is 4.51. The maximum Gasteiger partial charge on any atom is 0.225 e. The number of halogens is 2. The van der Waals surface area contributed by atoms with Crippen molar-refractivity contribution in [3.63, 3.8) is 0 Å². The van der Waals surface area contributed by atoms with Crippen LogP contribution < -0.4 is 5.32 Å². The zero-order chi connectivity index (χ0) is 12.6. The Labute approximate surface area is 111 Å². The first-order valence-corrected chi connectivity index (χ1v) is 6.54. The van der Waals surface area contributed by atoms with Gasteiger partial charge in [-0.3, -0.25) is 4.79 Å². The minimum atomic E-state index is -0.149. The van der Waals surface area contributed by atoms with E-state index in [1.54, 1.807) is 0 Å². The van der Waals surface area contributed by atoms with Crippen LogP contribution in [0.15, 0.2) is 12.1 Å². The lowest BCUT2D eigenvalue weighted by Crippen LogP contribution is -2.32. The number of nitrogens with one attached hydrogen (secondary N) is 1. The van der Waals surface area contributed by atoms with Gasteiger partial charge in [0, 0.05) is 28.4 Å². The maximum atomic E-state index is 11.6. The molecule has 0 radical (unpaired) electrons. The molecule has 4 heteroatoms. The predicted octanol–water partition coefficient (Wildman–Crippen LogP) is 3.74. The average molecular weight is 272 g/mol. The number of carbonyl (C=O) groups is 1. The number of hydrogen-bond donors (Lipinski definition) is 1. The number of anilines is 1. The molecule has 0 aromatic heterocycles. The number of alkyl halides is 1. The molecule has 2 nitrogen and oxygen atoms in total. The van der Waals surface area contributed by atoms with E-state index < -0.39 is 0 Å². The van der Waals surface area contributed by atoms with Crippen molar-refractivity contribution in [3.8, 4) is 0 Å². The lowest BCUT2D eigenvalue weighted by molar-refractivity contribution is -0.117. The molecule has 1 aliphatic heterocycles. The van der Waals surface area contributed by atoms with Gasteiger partial charge in [0.15, 0.2) is 0 Å².